The standard InChI is InChI=1S/C29H28ClN3O/c30-27-13-11-23(12-14-27)19-33-20-24(22-34)28(31-33)21-32-17-15-29(16-18-32,25-7-3-1-4-8-25)26-9-5-2-6-10-26/h1-14,20,22H,15-19,21H2. The smallest absolute Gasteiger partial charge is 0.153 e. The average molecular weight is 470 g/mol. The van der Waals surface area contributed by atoms with E-state index in [0.717, 1.165) is 43.5 Å². The minimum absolute atomic E-state index is 0.0143. The molecule has 5 rings (SSSR count). The monoisotopic (exact) mass is 469 g/mol. The molecule has 34 heavy (non-hydrogen) atoms. The van der Waals surface area contributed by atoms with Crippen LogP contribution in [0.5, 0.6) is 0 Å². The summed E-state index contributed by atoms with van der Waals surface area (Å²) in [5.74, 6) is 0. The molecule has 172 valence electrons. The van der Waals surface area contributed by atoms with E-state index >= 15 is 0 Å². The number of hydrogen-bond donors (Lipinski definition) is 0. The molecule has 0 amide bonds. The topological polar surface area (TPSA) is 38.1 Å². The van der Waals surface area contributed by atoms with Crippen molar-refractivity contribution in [2.45, 2.75) is 31.3 Å². The molecule has 1 aliphatic heterocycles. The van der Waals surface area contributed by atoms with E-state index in [1.807, 2.05) is 35.1 Å². The summed E-state index contributed by atoms with van der Waals surface area (Å²) in [6, 6.07) is 29.5. The summed E-state index contributed by atoms with van der Waals surface area (Å²) >= 11 is 6.00. The Kier molecular flexibility index (Phi) is 6.61. The summed E-state index contributed by atoms with van der Waals surface area (Å²) in [5.41, 5.74) is 5.38. The molecular formula is C29H28ClN3O. The maximum Gasteiger partial charge on any atom is 0.153 e. The van der Waals surface area contributed by atoms with E-state index in [-0.39, 0.29) is 5.41 Å². The summed E-state index contributed by atoms with van der Waals surface area (Å²) in [7, 11) is 0. The van der Waals surface area contributed by atoms with Gasteiger partial charge in [0.2, 0.25) is 0 Å². The van der Waals surface area contributed by atoms with Gasteiger partial charge in [-0.25, -0.2) is 0 Å². The number of aldehydes is 1. The number of halogens is 1. The van der Waals surface area contributed by atoms with Gasteiger partial charge >= 0.3 is 0 Å². The number of benzene rings is 3. The van der Waals surface area contributed by atoms with E-state index in [1.54, 1.807) is 0 Å². The highest BCUT2D eigenvalue weighted by molar-refractivity contribution is 6.30. The number of carbonyl (C=O) groups is 1. The summed E-state index contributed by atoms with van der Waals surface area (Å²) in [5, 5.41) is 5.47. The second kappa shape index (κ2) is 9.96. The van der Waals surface area contributed by atoms with Gasteiger partial charge in [0.05, 0.1) is 17.8 Å². The highest BCUT2D eigenvalue weighted by Gasteiger charge is 2.37. The van der Waals surface area contributed by atoms with Crippen molar-refractivity contribution in [1.29, 1.82) is 0 Å². The summed E-state index contributed by atoms with van der Waals surface area (Å²) in [6.45, 7) is 3.20. The van der Waals surface area contributed by atoms with Gasteiger partial charge in [0, 0.05) is 23.2 Å². The van der Waals surface area contributed by atoms with Crippen LogP contribution in [0.15, 0.2) is 91.1 Å². The van der Waals surface area contributed by atoms with Crippen LogP contribution >= 0.6 is 11.6 Å². The third-order valence-electron chi connectivity index (χ3n) is 6.99. The number of carbonyl (C=O) groups excluding carboxylic acids is 1. The number of hydrogen-bond acceptors (Lipinski definition) is 3. The lowest BCUT2D eigenvalue weighted by molar-refractivity contribution is 0.112. The maximum absolute atomic E-state index is 11.8. The summed E-state index contributed by atoms with van der Waals surface area (Å²) in [6.07, 6.45) is 4.83. The SMILES string of the molecule is O=Cc1cn(Cc2ccc(Cl)cc2)nc1CN1CCC(c2ccccc2)(c2ccccc2)CC1. The van der Waals surface area contributed by atoms with E-state index < -0.39 is 0 Å². The van der Waals surface area contributed by atoms with E-state index in [9.17, 15) is 4.79 Å². The molecule has 4 aromatic rings. The zero-order valence-corrected chi connectivity index (χ0v) is 19.9. The second-order valence-electron chi connectivity index (χ2n) is 9.06. The molecule has 1 aliphatic rings. The first-order valence-electron chi connectivity index (χ1n) is 11.8. The van der Waals surface area contributed by atoms with Crippen LogP contribution < -0.4 is 0 Å². The number of aromatic nitrogens is 2. The fourth-order valence-corrected chi connectivity index (χ4v) is 5.24. The van der Waals surface area contributed by atoms with Crippen LogP contribution in [-0.2, 0) is 18.5 Å². The molecule has 0 atom stereocenters. The highest BCUT2D eigenvalue weighted by Crippen LogP contribution is 2.41. The molecule has 0 unspecified atom stereocenters. The minimum Gasteiger partial charge on any atom is -0.298 e. The maximum atomic E-state index is 11.8. The minimum atomic E-state index is 0.0143. The molecule has 0 aliphatic carbocycles. The molecule has 1 aromatic heterocycles. The van der Waals surface area contributed by atoms with Gasteiger partial charge in [0.1, 0.15) is 0 Å². The molecule has 0 N–H and O–H groups in total. The van der Waals surface area contributed by atoms with E-state index in [0.29, 0.717) is 23.7 Å². The lowest BCUT2D eigenvalue weighted by Gasteiger charge is -2.42. The van der Waals surface area contributed by atoms with Crippen LogP contribution in [0.3, 0.4) is 0 Å². The van der Waals surface area contributed by atoms with Gasteiger partial charge in [-0.1, -0.05) is 84.4 Å². The van der Waals surface area contributed by atoms with Crippen LogP contribution in [0.2, 0.25) is 5.02 Å². The van der Waals surface area contributed by atoms with Crippen molar-refractivity contribution in [2.75, 3.05) is 13.1 Å². The third kappa shape index (κ3) is 4.70. The number of rotatable bonds is 7. The molecule has 5 heteroatoms. The van der Waals surface area contributed by atoms with Crippen LogP contribution in [0.25, 0.3) is 0 Å². The van der Waals surface area contributed by atoms with Crippen molar-refractivity contribution < 1.29 is 4.79 Å². The Morgan fingerprint density at radius 3 is 1.97 bits per heavy atom. The van der Waals surface area contributed by atoms with Gasteiger partial charge in [0.15, 0.2) is 6.29 Å². The first kappa shape index (κ1) is 22.6. The van der Waals surface area contributed by atoms with Crippen LogP contribution in [0.4, 0.5) is 0 Å². The zero-order valence-electron chi connectivity index (χ0n) is 19.1. The largest absolute Gasteiger partial charge is 0.298 e. The van der Waals surface area contributed by atoms with Crippen molar-refractivity contribution in [1.82, 2.24) is 14.7 Å². The number of likely N-dealkylation sites (tertiary alicyclic amines) is 1. The Hall–Kier alpha value is -3.21. The first-order chi connectivity index (χ1) is 16.7. The molecule has 1 saturated heterocycles. The Bertz CT molecular complexity index is 1190. The molecule has 2 heterocycles. The summed E-state index contributed by atoms with van der Waals surface area (Å²) < 4.78 is 1.85. The Morgan fingerprint density at radius 2 is 1.41 bits per heavy atom. The average Bonchev–Trinajstić information content (AvgIpc) is 3.28. The zero-order chi connectivity index (χ0) is 23.4. The lowest BCUT2D eigenvalue weighted by Crippen LogP contribution is -2.43. The van der Waals surface area contributed by atoms with Crippen LogP contribution in [0.1, 0.15) is 45.6 Å². The Balaban J connectivity index is 1.32. The molecule has 0 radical (unpaired) electrons. The lowest BCUT2D eigenvalue weighted by atomic mass is 9.68. The molecular weight excluding hydrogens is 442 g/mol. The molecule has 4 nitrogen and oxygen atoms in total. The van der Waals surface area contributed by atoms with Crippen LogP contribution in [-0.4, -0.2) is 34.1 Å². The fourth-order valence-electron chi connectivity index (χ4n) is 5.12. The van der Waals surface area contributed by atoms with Gasteiger partial charge in [-0.2, -0.15) is 5.10 Å². The van der Waals surface area contributed by atoms with Crippen LogP contribution in [0, 0.1) is 0 Å². The second-order valence-corrected chi connectivity index (χ2v) is 9.50. The third-order valence-corrected chi connectivity index (χ3v) is 7.24. The van der Waals surface area contributed by atoms with Gasteiger partial charge in [-0.05, 0) is 54.8 Å². The van der Waals surface area contributed by atoms with Gasteiger partial charge in [-0.3, -0.25) is 14.4 Å². The van der Waals surface area contributed by atoms with Crippen molar-refractivity contribution in [2.24, 2.45) is 0 Å². The number of piperidine rings is 1. The Morgan fingerprint density at radius 1 is 0.824 bits per heavy atom. The summed E-state index contributed by atoms with van der Waals surface area (Å²) in [4.78, 5) is 14.2. The highest BCUT2D eigenvalue weighted by atomic mass is 35.5. The van der Waals surface area contributed by atoms with Gasteiger partial charge < -0.3 is 0 Å². The molecule has 0 bridgehead atoms. The molecule has 3 aromatic carbocycles. The van der Waals surface area contributed by atoms with E-state index in [2.05, 4.69) is 65.6 Å². The molecule has 0 saturated carbocycles. The quantitative estimate of drug-likeness (QED) is 0.312. The van der Waals surface area contributed by atoms with Gasteiger partial charge in [-0.15, -0.1) is 0 Å². The molecule has 0 spiro atoms. The normalized spacial score (nSPS) is 15.8. The van der Waals surface area contributed by atoms with Crippen molar-refractivity contribution >= 4 is 17.9 Å². The van der Waals surface area contributed by atoms with Crippen molar-refractivity contribution in [3.8, 4) is 0 Å². The van der Waals surface area contributed by atoms with E-state index in [1.165, 1.54) is 11.1 Å². The Labute approximate surface area is 205 Å². The van der Waals surface area contributed by atoms with E-state index in [4.69, 9.17) is 16.7 Å². The predicted molar refractivity (Wildman–Crippen MR) is 136 cm³/mol. The number of nitrogens with zero attached hydrogens (tertiary/aromatic N) is 3. The van der Waals surface area contributed by atoms with Gasteiger partial charge in [0.25, 0.3) is 0 Å². The van der Waals surface area contributed by atoms with Crippen molar-refractivity contribution in [3.05, 3.63) is 124 Å². The first-order valence-corrected chi connectivity index (χ1v) is 12.1. The van der Waals surface area contributed by atoms with Crippen molar-refractivity contribution in [3.63, 3.8) is 0 Å². The fraction of sp³-hybridized carbons (Fsp3) is 0.241. The predicted octanol–water partition coefficient (Wildman–Crippen LogP) is 5.98. The molecule has 1 fully saturated rings.